The van der Waals surface area contributed by atoms with Crippen LogP contribution in [0.4, 0.5) is 11.4 Å². The molecule has 0 radical (unpaired) electrons. The number of hydrogen-bond acceptors (Lipinski definition) is 2. The third-order valence-electron chi connectivity index (χ3n) is 4.36. The highest BCUT2D eigenvalue weighted by molar-refractivity contribution is 5.55. The Morgan fingerprint density at radius 1 is 1.10 bits per heavy atom. The molecule has 0 bridgehead atoms. The van der Waals surface area contributed by atoms with Crippen molar-refractivity contribution in [3.8, 4) is 0 Å². The molecule has 0 aliphatic carbocycles. The quantitative estimate of drug-likeness (QED) is 0.861. The maximum atomic E-state index is 6.02. The van der Waals surface area contributed by atoms with Crippen LogP contribution in [0.5, 0.6) is 0 Å². The minimum atomic E-state index is 0.738. The summed E-state index contributed by atoms with van der Waals surface area (Å²) in [5.74, 6) is 0.738. The number of anilines is 2. The summed E-state index contributed by atoms with van der Waals surface area (Å²) in [5.41, 5.74) is 11.1. The zero-order valence-corrected chi connectivity index (χ0v) is 12.8. The maximum absolute atomic E-state index is 6.02. The van der Waals surface area contributed by atoms with Crippen LogP contribution in [0.25, 0.3) is 0 Å². The average molecular weight is 280 g/mol. The Kier molecular flexibility index (Phi) is 4.14. The van der Waals surface area contributed by atoms with Gasteiger partial charge in [-0.15, -0.1) is 0 Å². The van der Waals surface area contributed by atoms with Crippen molar-refractivity contribution in [2.45, 2.75) is 26.2 Å². The van der Waals surface area contributed by atoms with Crippen LogP contribution in [0, 0.1) is 5.92 Å². The van der Waals surface area contributed by atoms with Gasteiger partial charge < -0.3 is 10.6 Å². The lowest BCUT2D eigenvalue weighted by atomic mass is 9.93. The smallest absolute Gasteiger partial charge is 0.0398 e. The zero-order chi connectivity index (χ0) is 14.7. The topological polar surface area (TPSA) is 29.3 Å². The van der Waals surface area contributed by atoms with E-state index in [1.54, 1.807) is 0 Å². The van der Waals surface area contributed by atoms with Crippen LogP contribution in [0.15, 0.2) is 48.5 Å². The molecular formula is C19H24N2. The van der Waals surface area contributed by atoms with Crippen LogP contribution in [-0.4, -0.2) is 13.1 Å². The van der Waals surface area contributed by atoms with Crippen molar-refractivity contribution in [1.82, 2.24) is 0 Å². The van der Waals surface area contributed by atoms with E-state index in [4.69, 9.17) is 5.73 Å². The van der Waals surface area contributed by atoms with Crippen molar-refractivity contribution in [2.24, 2.45) is 5.92 Å². The van der Waals surface area contributed by atoms with E-state index in [2.05, 4.69) is 48.2 Å². The monoisotopic (exact) mass is 280 g/mol. The molecule has 0 aromatic heterocycles. The number of benzene rings is 2. The van der Waals surface area contributed by atoms with Crippen LogP contribution in [0.3, 0.4) is 0 Å². The fourth-order valence-electron chi connectivity index (χ4n) is 3.34. The molecule has 1 aliphatic heterocycles. The summed E-state index contributed by atoms with van der Waals surface area (Å²) in [6.07, 6.45) is 3.41. The number of nitrogens with two attached hydrogens (primary N) is 1. The molecule has 2 aromatic rings. The predicted octanol–water partition coefficient (Wildman–Crippen LogP) is 3.90. The lowest BCUT2D eigenvalue weighted by molar-refractivity contribution is 0.526. The van der Waals surface area contributed by atoms with Crippen molar-refractivity contribution in [3.63, 3.8) is 0 Å². The summed E-state index contributed by atoms with van der Waals surface area (Å²) in [6, 6.07) is 17.0. The van der Waals surface area contributed by atoms with Gasteiger partial charge in [0.2, 0.25) is 0 Å². The summed E-state index contributed by atoms with van der Waals surface area (Å²) in [6.45, 7) is 4.62. The van der Waals surface area contributed by atoms with Crippen LogP contribution in [-0.2, 0) is 12.8 Å². The van der Waals surface area contributed by atoms with Crippen LogP contribution >= 0.6 is 0 Å². The van der Waals surface area contributed by atoms with Gasteiger partial charge in [-0.3, -0.25) is 0 Å². The molecule has 0 spiro atoms. The summed E-state index contributed by atoms with van der Waals surface area (Å²) in [5, 5.41) is 0. The number of nitrogen functional groups attached to an aromatic ring is 1. The van der Waals surface area contributed by atoms with E-state index >= 15 is 0 Å². The lowest BCUT2D eigenvalue weighted by Crippen LogP contribution is -2.35. The Labute approximate surface area is 127 Å². The molecule has 0 amide bonds. The molecule has 2 aromatic carbocycles. The number of para-hydroxylation sites is 2. The van der Waals surface area contributed by atoms with Gasteiger partial charge in [0.05, 0.1) is 0 Å². The molecule has 110 valence electrons. The number of hydrogen-bond donors (Lipinski definition) is 1. The van der Waals surface area contributed by atoms with E-state index in [9.17, 15) is 0 Å². The Hall–Kier alpha value is -1.96. The van der Waals surface area contributed by atoms with Gasteiger partial charge in [-0.2, -0.15) is 0 Å². The minimum absolute atomic E-state index is 0.738. The predicted molar refractivity (Wildman–Crippen MR) is 90.7 cm³/mol. The number of rotatable bonds is 4. The van der Waals surface area contributed by atoms with Gasteiger partial charge in [-0.05, 0) is 48.4 Å². The summed E-state index contributed by atoms with van der Waals surface area (Å²) in [7, 11) is 0. The number of aryl methyl sites for hydroxylation is 1. The Bertz CT molecular complexity index is 606. The summed E-state index contributed by atoms with van der Waals surface area (Å²) < 4.78 is 0. The molecule has 1 unspecified atom stereocenters. The molecule has 1 aliphatic rings. The molecule has 3 rings (SSSR count). The fourth-order valence-corrected chi connectivity index (χ4v) is 3.34. The minimum Gasteiger partial charge on any atom is -0.399 e. The molecule has 0 saturated heterocycles. The highest BCUT2D eigenvalue weighted by Crippen LogP contribution is 2.29. The van der Waals surface area contributed by atoms with Crippen molar-refractivity contribution in [3.05, 3.63) is 59.7 Å². The van der Waals surface area contributed by atoms with Crippen molar-refractivity contribution in [2.75, 3.05) is 23.7 Å². The van der Waals surface area contributed by atoms with Gasteiger partial charge in [-0.1, -0.05) is 43.3 Å². The highest BCUT2D eigenvalue weighted by Gasteiger charge is 2.20. The second kappa shape index (κ2) is 6.21. The number of nitrogens with zero attached hydrogens (tertiary/aromatic N) is 1. The van der Waals surface area contributed by atoms with Crippen molar-refractivity contribution < 1.29 is 0 Å². The van der Waals surface area contributed by atoms with Gasteiger partial charge in [0.25, 0.3) is 0 Å². The molecule has 0 saturated carbocycles. The van der Waals surface area contributed by atoms with Crippen LogP contribution in [0.2, 0.25) is 0 Å². The molecule has 2 nitrogen and oxygen atoms in total. The Morgan fingerprint density at radius 2 is 1.86 bits per heavy atom. The second-order valence-electron chi connectivity index (χ2n) is 6.19. The fraction of sp³-hybridized carbons (Fsp3) is 0.368. The maximum Gasteiger partial charge on any atom is 0.0398 e. The van der Waals surface area contributed by atoms with E-state index < -0.39 is 0 Å². The van der Waals surface area contributed by atoms with E-state index in [1.165, 1.54) is 29.8 Å². The van der Waals surface area contributed by atoms with Gasteiger partial charge in [0.15, 0.2) is 0 Å². The van der Waals surface area contributed by atoms with E-state index in [-0.39, 0.29) is 0 Å². The van der Waals surface area contributed by atoms with Crippen LogP contribution < -0.4 is 10.6 Å². The molecule has 1 heterocycles. The van der Waals surface area contributed by atoms with E-state index in [1.807, 2.05) is 12.1 Å². The van der Waals surface area contributed by atoms with Crippen molar-refractivity contribution >= 4 is 11.4 Å². The first-order valence-electron chi connectivity index (χ1n) is 7.90. The molecule has 2 N–H and O–H groups in total. The first kappa shape index (κ1) is 14.0. The van der Waals surface area contributed by atoms with E-state index in [0.29, 0.717) is 0 Å². The number of fused-ring (bicyclic) bond motifs is 1. The molecule has 21 heavy (non-hydrogen) atoms. The Morgan fingerprint density at radius 3 is 2.71 bits per heavy atom. The normalized spacial score (nSPS) is 17.6. The van der Waals surface area contributed by atoms with Gasteiger partial charge in [-0.25, -0.2) is 0 Å². The molecular weight excluding hydrogens is 256 g/mol. The van der Waals surface area contributed by atoms with Gasteiger partial charge >= 0.3 is 0 Å². The third kappa shape index (κ3) is 3.21. The first-order valence-corrected chi connectivity index (χ1v) is 7.90. The third-order valence-corrected chi connectivity index (χ3v) is 4.36. The second-order valence-corrected chi connectivity index (χ2v) is 6.19. The zero-order valence-electron chi connectivity index (χ0n) is 12.8. The Balaban J connectivity index is 1.65. The molecule has 2 heteroatoms. The van der Waals surface area contributed by atoms with Gasteiger partial charge in [0, 0.05) is 24.5 Å². The summed E-state index contributed by atoms with van der Waals surface area (Å²) in [4.78, 5) is 2.54. The molecule has 0 fully saturated rings. The first-order chi connectivity index (χ1) is 10.2. The average Bonchev–Trinajstić information content (AvgIpc) is 2.49. The van der Waals surface area contributed by atoms with E-state index in [0.717, 1.165) is 31.0 Å². The molecule has 1 atom stereocenters. The highest BCUT2D eigenvalue weighted by atomic mass is 15.1. The van der Waals surface area contributed by atoms with Crippen LogP contribution in [0.1, 0.15) is 24.5 Å². The standard InChI is InChI=1S/C19H24N2/c1-15-13-17-8-3-5-11-19(17)21(14-15)12-6-9-16-7-2-4-10-18(16)20/h2-5,7-8,10-11,15H,6,9,12-14,20H2,1H3. The van der Waals surface area contributed by atoms with Crippen molar-refractivity contribution in [1.29, 1.82) is 0 Å². The van der Waals surface area contributed by atoms with Gasteiger partial charge in [0.1, 0.15) is 0 Å². The lowest BCUT2D eigenvalue weighted by Gasteiger charge is -2.35. The SMILES string of the molecule is CC1Cc2ccccc2N(CCCc2ccccc2N)C1. The summed E-state index contributed by atoms with van der Waals surface area (Å²) >= 11 is 0. The largest absolute Gasteiger partial charge is 0.399 e.